The molecule has 1 amide bonds. The van der Waals surface area contributed by atoms with Crippen LogP contribution in [0.3, 0.4) is 0 Å². The number of nitrogens with zero attached hydrogens (tertiary/aromatic N) is 1. The number of rotatable bonds is 3. The van der Waals surface area contributed by atoms with Crippen molar-refractivity contribution in [3.8, 4) is 0 Å². The van der Waals surface area contributed by atoms with Gasteiger partial charge in [0.05, 0.1) is 28.5 Å². The average Bonchev–Trinajstić information content (AvgIpc) is 3.11. The lowest BCUT2D eigenvalue weighted by atomic mass is 9.81. The summed E-state index contributed by atoms with van der Waals surface area (Å²) in [6.07, 6.45) is -4.45. The fourth-order valence-corrected chi connectivity index (χ4v) is 4.47. The van der Waals surface area contributed by atoms with Gasteiger partial charge < -0.3 is 14.6 Å². The van der Waals surface area contributed by atoms with Crippen LogP contribution in [0.15, 0.2) is 42.6 Å². The molecule has 0 spiro atoms. The van der Waals surface area contributed by atoms with E-state index in [1.807, 2.05) is 24.3 Å². The molecule has 0 radical (unpaired) electrons. The molecule has 1 aliphatic heterocycles. The number of carbonyl (C=O) groups excluding carboxylic acids is 2. The fraction of sp³-hybridized carbons (Fsp3) is 0.308. The van der Waals surface area contributed by atoms with Crippen LogP contribution in [0.25, 0.3) is 16.5 Å². The van der Waals surface area contributed by atoms with E-state index in [1.54, 1.807) is 27.7 Å². The van der Waals surface area contributed by atoms with Gasteiger partial charge in [-0.05, 0) is 37.6 Å². The van der Waals surface area contributed by atoms with Crippen molar-refractivity contribution >= 4 is 28.4 Å². The van der Waals surface area contributed by atoms with Gasteiger partial charge in [-0.2, -0.15) is 13.2 Å². The standard InChI is InChI=1S/C26H23F5N2O3/c1-13(2)36-24(35)16-11-33(23(34)15-9-10-17(26(29,30)31)21(28)20(15)27)12-25(3,4)19-14-7-5-6-8-18(14)32-22(16)19/h5-11,13,32H,12H2,1-4H3. The summed E-state index contributed by atoms with van der Waals surface area (Å²) >= 11 is 0. The number of aromatic amines is 1. The molecule has 0 unspecified atom stereocenters. The number of carbonyl (C=O) groups is 2. The van der Waals surface area contributed by atoms with Crippen LogP contribution < -0.4 is 0 Å². The van der Waals surface area contributed by atoms with Gasteiger partial charge in [-0.25, -0.2) is 13.6 Å². The minimum Gasteiger partial charge on any atom is -0.459 e. The molecule has 0 atom stereocenters. The Labute approximate surface area is 203 Å². The number of halogens is 5. The first-order chi connectivity index (χ1) is 16.7. The van der Waals surface area contributed by atoms with Gasteiger partial charge in [0.15, 0.2) is 11.6 Å². The second-order valence-electron chi connectivity index (χ2n) is 9.52. The minimum atomic E-state index is -5.13. The summed E-state index contributed by atoms with van der Waals surface area (Å²) in [6, 6.07) is 8.22. The quantitative estimate of drug-likeness (QED) is 0.340. The molecule has 1 N–H and O–H groups in total. The van der Waals surface area contributed by atoms with Crippen LogP contribution in [0.2, 0.25) is 0 Å². The molecule has 0 saturated carbocycles. The number of benzene rings is 2. The first kappa shape index (κ1) is 25.4. The molecule has 0 bridgehead atoms. The predicted molar refractivity (Wildman–Crippen MR) is 123 cm³/mol. The molecule has 0 fully saturated rings. The van der Waals surface area contributed by atoms with E-state index in [0.29, 0.717) is 23.4 Å². The van der Waals surface area contributed by atoms with Gasteiger partial charge in [0.1, 0.15) is 0 Å². The van der Waals surface area contributed by atoms with Crippen molar-refractivity contribution in [3.63, 3.8) is 0 Å². The lowest BCUT2D eigenvalue weighted by Crippen LogP contribution is -2.37. The Balaban J connectivity index is 1.88. The number of fused-ring (bicyclic) bond motifs is 3. The number of H-pyrrole nitrogens is 1. The number of aromatic nitrogens is 1. The number of hydrogen-bond donors (Lipinski definition) is 1. The lowest BCUT2D eigenvalue weighted by molar-refractivity contribution is -0.141. The number of hydrogen-bond acceptors (Lipinski definition) is 3. The van der Waals surface area contributed by atoms with Crippen LogP contribution in [-0.2, 0) is 21.1 Å². The Morgan fingerprint density at radius 2 is 1.72 bits per heavy atom. The van der Waals surface area contributed by atoms with E-state index >= 15 is 0 Å². The number of amides is 1. The second-order valence-corrected chi connectivity index (χ2v) is 9.52. The van der Waals surface area contributed by atoms with E-state index < -0.39 is 52.3 Å². The summed E-state index contributed by atoms with van der Waals surface area (Å²) < 4.78 is 73.3. The first-order valence-electron chi connectivity index (χ1n) is 11.1. The van der Waals surface area contributed by atoms with E-state index in [-0.39, 0.29) is 12.1 Å². The van der Waals surface area contributed by atoms with Crippen molar-refractivity contribution in [1.82, 2.24) is 9.88 Å². The Bertz CT molecular complexity index is 1400. The highest BCUT2D eigenvalue weighted by Gasteiger charge is 2.40. The Morgan fingerprint density at radius 3 is 2.36 bits per heavy atom. The van der Waals surface area contributed by atoms with Crippen LogP contribution in [-0.4, -0.2) is 34.4 Å². The predicted octanol–water partition coefficient (Wildman–Crippen LogP) is 6.19. The summed E-state index contributed by atoms with van der Waals surface area (Å²) in [5.74, 6) is -5.94. The molecule has 2 aromatic carbocycles. The molecular formula is C26H23F5N2O3. The third kappa shape index (κ3) is 4.36. The Hall–Kier alpha value is -3.69. The van der Waals surface area contributed by atoms with Crippen molar-refractivity contribution in [1.29, 1.82) is 0 Å². The molecule has 3 aromatic rings. The summed E-state index contributed by atoms with van der Waals surface area (Å²) in [5, 5.41) is 0.793. The SMILES string of the molecule is CC(C)OC(=O)C1=CN(C(=O)c2ccc(C(F)(F)F)c(F)c2F)CC(C)(C)c2c1[nH]c1ccccc21. The van der Waals surface area contributed by atoms with E-state index in [1.165, 1.54) is 6.20 Å². The highest BCUT2D eigenvalue weighted by molar-refractivity contribution is 6.18. The largest absolute Gasteiger partial charge is 0.459 e. The second kappa shape index (κ2) is 8.76. The third-order valence-corrected chi connectivity index (χ3v) is 5.94. The molecule has 4 rings (SSSR count). The van der Waals surface area contributed by atoms with Gasteiger partial charge in [-0.3, -0.25) is 4.79 Å². The highest BCUT2D eigenvalue weighted by atomic mass is 19.4. The van der Waals surface area contributed by atoms with Gasteiger partial charge in [0, 0.05) is 29.1 Å². The summed E-state index contributed by atoms with van der Waals surface area (Å²) in [6.45, 7) is 6.82. The van der Waals surface area contributed by atoms with Crippen molar-refractivity contribution in [2.75, 3.05) is 6.54 Å². The zero-order valence-corrected chi connectivity index (χ0v) is 19.9. The van der Waals surface area contributed by atoms with Crippen molar-refractivity contribution < 1.29 is 36.3 Å². The van der Waals surface area contributed by atoms with Gasteiger partial charge in [-0.1, -0.05) is 32.0 Å². The number of esters is 1. The maximum atomic E-state index is 14.7. The molecule has 1 aliphatic rings. The zero-order chi connectivity index (χ0) is 26.6. The third-order valence-electron chi connectivity index (χ3n) is 5.94. The van der Waals surface area contributed by atoms with Crippen molar-refractivity contribution in [2.45, 2.75) is 45.4 Å². The van der Waals surface area contributed by atoms with E-state index in [4.69, 9.17) is 4.74 Å². The monoisotopic (exact) mass is 506 g/mol. The fourth-order valence-electron chi connectivity index (χ4n) is 4.47. The molecular weight excluding hydrogens is 483 g/mol. The van der Waals surface area contributed by atoms with E-state index in [0.717, 1.165) is 15.8 Å². The average molecular weight is 506 g/mol. The molecule has 0 aliphatic carbocycles. The molecule has 10 heteroatoms. The van der Waals surface area contributed by atoms with Crippen LogP contribution in [0.5, 0.6) is 0 Å². The normalized spacial score (nSPS) is 15.5. The molecule has 190 valence electrons. The maximum Gasteiger partial charge on any atom is 0.419 e. The number of nitrogens with one attached hydrogen (secondary N) is 1. The zero-order valence-electron chi connectivity index (χ0n) is 19.9. The molecule has 0 saturated heterocycles. The Kier molecular flexibility index (Phi) is 6.18. The highest BCUT2D eigenvalue weighted by Crippen LogP contribution is 2.41. The van der Waals surface area contributed by atoms with Gasteiger partial charge in [-0.15, -0.1) is 0 Å². The van der Waals surface area contributed by atoms with E-state index in [2.05, 4.69) is 4.98 Å². The van der Waals surface area contributed by atoms with Crippen molar-refractivity contribution in [2.24, 2.45) is 0 Å². The van der Waals surface area contributed by atoms with Crippen molar-refractivity contribution in [3.05, 3.63) is 76.6 Å². The lowest BCUT2D eigenvalue weighted by Gasteiger charge is -2.30. The summed E-state index contributed by atoms with van der Waals surface area (Å²) in [7, 11) is 0. The van der Waals surface area contributed by atoms with Crippen LogP contribution in [0, 0.1) is 11.6 Å². The first-order valence-corrected chi connectivity index (χ1v) is 11.1. The van der Waals surface area contributed by atoms with Gasteiger partial charge in [0.2, 0.25) is 0 Å². The molecule has 2 heterocycles. The van der Waals surface area contributed by atoms with Crippen LogP contribution in [0.4, 0.5) is 22.0 Å². The Morgan fingerprint density at radius 1 is 1.06 bits per heavy atom. The molecule has 5 nitrogen and oxygen atoms in total. The number of alkyl halides is 3. The number of para-hydroxylation sites is 1. The van der Waals surface area contributed by atoms with Gasteiger partial charge in [0.25, 0.3) is 5.91 Å². The van der Waals surface area contributed by atoms with Crippen LogP contribution >= 0.6 is 0 Å². The number of ether oxygens (including phenoxy) is 1. The summed E-state index contributed by atoms with van der Waals surface area (Å²) in [4.78, 5) is 30.6. The molecule has 36 heavy (non-hydrogen) atoms. The van der Waals surface area contributed by atoms with E-state index in [9.17, 15) is 31.5 Å². The maximum absolute atomic E-state index is 14.7. The summed E-state index contributed by atoms with van der Waals surface area (Å²) in [5.41, 5.74) is -1.69. The molecule has 1 aromatic heterocycles. The van der Waals surface area contributed by atoms with Gasteiger partial charge >= 0.3 is 12.1 Å². The minimum absolute atomic E-state index is 0.0263. The van der Waals surface area contributed by atoms with Crippen LogP contribution in [0.1, 0.15) is 54.9 Å². The topological polar surface area (TPSA) is 62.4 Å². The smallest absolute Gasteiger partial charge is 0.419 e.